The smallest absolute Gasteiger partial charge is 0.221 e. The number of amides is 1. The molecule has 11 heterocycles. The summed E-state index contributed by atoms with van der Waals surface area (Å²) in [7, 11) is 3.90. The van der Waals surface area contributed by atoms with Gasteiger partial charge in [-0.3, -0.25) is 24.7 Å². The van der Waals surface area contributed by atoms with Crippen molar-refractivity contribution >= 4 is 63.8 Å². The lowest BCUT2D eigenvalue weighted by atomic mass is 10.1. The molecule has 7 N–H and O–H groups in total. The highest BCUT2D eigenvalue weighted by molar-refractivity contribution is 6.33. The maximum Gasteiger partial charge on any atom is 0.221 e. The third kappa shape index (κ3) is 19.6. The Balaban J connectivity index is 0.000000155. The maximum atomic E-state index is 11.0. The Hall–Kier alpha value is -9.34. The van der Waals surface area contributed by atoms with Gasteiger partial charge in [-0.25, -0.2) is 34.9 Å². The number of carbonyl (C=O) groups is 1. The van der Waals surface area contributed by atoms with Gasteiger partial charge >= 0.3 is 0 Å². The summed E-state index contributed by atoms with van der Waals surface area (Å²) in [5.74, 6) is 5.88. The number of imidazole rings is 6. The van der Waals surface area contributed by atoms with Crippen LogP contribution in [-0.2, 0) is 4.79 Å². The Morgan fingerprint density at radius 2 is 0.879 bits per heavy atom. The number of pyridine rings is 5. The molecule has 1 amide bonds. The van der Waals surface area contributed by atoms with Crippen molar-refractivity contribution in [1.29, 1.82) is 0 Å². The monoisotopic (exact) mass is 1300 g/mol. The van der Waals surface area contributed by atoms with Gasteiger partial charge in [0.15, 0.2) is 0 Å². The van der Waals surface area contributed by atoms with Crippen LogP contribution in [0.1, 0.15) is 87.2 Å². The van der Waals surface area contributed by atoms with Crippen LogP contribution in [0.5, 0.6) is 0 Å². The molecular weight excluding hydrogens is 1230 g/mol. The number of halogens is 4. The van der Waals surface area contributed by atoms with E-state index in [0.29, 0.717) is 26.3 Å². The number of carbonyl (C=O) groups excluding carboxylic acids is 1. The average molecular weight is 1300 g/mol. The van der Waals surface area contributed by atoms with E-state index >= 15 is 0 Å². The van der Waals surface area contributed by atoms with Gasteiger partial charge in [-0.15, -0.1) is 0 Å². The van der Waals surface area contributed by atoms with Gasteiger partial charge in [0.25, 0.3) is 0 Å². The zero-order valence-corrected chi connectivity index (χ0v) is 57.1. The van der Waals surface area contributed by atoms with Gasteiger partial charge in [0, 0.05) is 113 Å². The summed E-state index contributed by atoms with van der Waals surface area (Å²) in [6.07, 6.45) is 7.31. The molecule has 0 aliphatic rings. The quantitative estimate of drug-likeness (QED) is 0.0747. The fourth-order valence-corrected chi connectivity index (χ4v) is 10.4. The van der Waals surface area contributed by atoms with Crippen LogP contribution in [0.4, 0.5) is 11.5 Å². The number of anilines is 2. The number of H-pyrrole nitrogens is 6. The first-order chi connectivity index (χ1) is 43.1. The molecule has 0 spiro atoms. The highest BCUT2D eigenvalue weighted by Gasteiger charge is 2.15. The van der Waals surface area contributed by atoms with Crippen LogP contribution in [0.2, 0.25) is 20.6 Å². The standard InChI is InChI=1S/C12H12ClN3O.C11H13ClN4.2C11H12ClN3.2C11H13N3/c1-7-14-11(12(13)15-7)9-4-3-5-10(6-9)16-8(2)17;1-7-14-10(11(12)15-7)8-4-5-9(13-6-8)16(2)3;1-6-4-9(5-7(2)13-6)10-11(12)15-8(3)14-10;1-6-4-7(2)13-5-9(6)10-11(12)15-8(3)14-10;1-7-4-5-10(6-12-7)11-8(2)13-9(3)14-11;1-7-4-5-10(12-6-7)11-8(2)13-9(3)14-11/h3-6H,1-2H3,(H,14,15)(H,16,17);4-6H,1-3H3,(H,14,15);2*4-5H,1-3H3,(H,14,15);2*4-6H,1-3H3,(H,13,14). The zero-order valence-electron chi connectivity index (χ0n) is 54.1. The van der Waals surface area contributed by atoms with Crippen LogP contribution in [0, 0.1) is 96.9 Å². The molecule has 0 bridgehead atoms. The number of nitrogens with zero attached hydrogens (tertiary/aromatic N) is 12. The first-order valence-electron chi connectivity index (χ1n) is 28.8. The summed E-state index contributed by atoms with van der Waals surface area (Å²) in [5.41, 5.74) is 19.9. The van der Waals surface area contributed by atoms with Gasteiger partial charge in [0.1, 0.15) is 89.8 Å². The summed E-state index contributed by atoms with van der Waals surface area (Å²) in [6, 6.07) is 25.4. The number of aryl methyl sites for hydroxylation is 14. The van der Waals surface area contributed by atoms with Gasteiger partial charge in [-0.2, -0.15) is 0 Å². The molecule has 0 aliphatic heterocycles. The van der Waals surface area contributed by atoms with E-state index in [1.54, 1.807) is 6.20 Å². The van der Waals surface area contributed by atoms with E-state index in [2.05, 4.69) is 90.0 Å². The minimum atomic E-state index is -0.105. The molecule has 0 radical (unpaired) electrons. The first-order valence-corrected chi connectivity index (χ1v) is 30.3. The number of nitrogens with one attached hydrogen (secondary N) is 7. The number of aromatic nitrogens is 17. The van der Waals surface area contributed by atoms with E-state index in [1.807, 2.05) is 213 Å². The van der Waals surface area contributed by atoms with Crippen molar-refractivity contribution in [3.8, 4) is 67.7 Å². The lowest BCUT2D eigenvalue weighted by Gasteiger charge is -2.10. The van der Waals surface area contributed by atoms with Crippen molar-refractivity contribution in [2.75, 3.05) is 24.3 Å². The highest BCUT2D eigenvalue weighted by atomic mass is 35.5. The van der Waals surface area contributed by atoms with E-state index in [-0.39, 0.29) is 5.91 Å². The molecule has 1 aromatic carbocycles. The molecule has 20 nitrogen and oxygen atoms in total. The molecule has 0 aliphatic carbocycles. The molecule has 12 aromatic rings. The molecule has 0 saturated carbocycles. The third-order valence-corrected chi connectivity index (χ3v) is 14.3. The average Bonchev–Trinajstić information content (AvgIpc) is 2.76. The van der Waals surface area contributed by atoms with Crippen molar-refractivity contribution in [2.45, 2.75) is 104 Å². The Morgan fingerprint density at radius 3 is 1.32 bits per heavy atom. The molecular formula is C67H75Cl4N19O. The number of hydrogen-bond donors (Lipinski definition) is 7. The van der Waals surface area contributed by atoms with Crippen LogP contribution in [0.3, 0.4) is 0 Å². The predicted molar refractivity (Wildman–Crippen MR) is 368 cm³/mol. The number of aromatic amines is 6. The van der Waals surface area contributed by atoms with Gasteiger partial charge < -0.3 is 40.1 Å². The summed E-state index contributed by atoms with van der Waals surface area (Å²) in [5, 5.41) is 4.93. The van der Waals surface area contributed by atoms with Crippen LogP contribution >= 0.6 is 46.4 Å². The third-order valence-electron chi connectivity index (χ3n) is 13.3. The molecule has 0 saturated heterocycles. The van der Waals surface area contributed by atoms with Gasteiger partial charge in [0.2, 0.25) is 5.91 Å². The molecule has 472 valence electrons. The second-order valence-corrected chi connectivity index (χ2v) is 23.3. The van der Waals surface area contributed by atoms with Crippen LogP contribution in [-0.4, -0.2) is 105 Å². The summed E-state index contributed by atoms with van der Waals surface area (Å²) in [4.78, 5) is 78.7. The molecule has 0 unspecified atom stereocenters. The van der Waals surface area contributed by atoms with Gasteiger partial charge in [0.05, 0.1) is 11.4 Å². The SMILES string of the molecule is CC(=O)Nc1cccc(-c2nc(C)[nH]c2Cl)c1.Cc1cc(-c2nc(C)[nH]c2Cl)cc(C)n1.Cc1cc(C)c(-c2nc(C)[nH]c2Cl)cn1.Cc1ccc(-c2nc(C)[nH]c2C)cn1.Cc1ccc(-c2nc(C)[nH]c2C)nc1.Cc1nc(-c2ccc(N(C)C)nc2)c(Cl)[nH]1. The second-order valence-electron chi connectivity index (χ2n) is 21.8. The van der Waals surface area contributed by atoms with E-state index in [0.717, 1.165) is 148 Å². The normalized spacial score (nSPS) is 10.5. The van der Waals surface area contributed by atoms with Crippen LogP contribution in [0.15, 0.2) is 104 Å². The molecule has 24 heteroatoms. The Labute approximate surface area is 550 Å². The minimum absolute atomic E-state index is 0.105. The van der Waals surface area contributed by atoms with Gasteiger partial charge in [-0.1, -0.05) is 64.6 Å². The topological polar surface area (TPSA) is 269 Å². The minimum Gasteiger partial charge on any atom is -0.363 e. The van der Waals surface area contributed by atoms with E-state index in [9.17, 15) is 4.79 Å². The fourth-order valence-electron chi connectivity index (χ4n) is 9.22. The molecule has 12 rings (SSSR count). The molecule has 91 heavy (non-hydrogen) atoms. The predicted octanol–water partition coefficient (Wildman–Crippen LogP) is 16.4. The molecule has 0 fully saturated rings. The summed E-state index contributed by atoms with van der Waals surface area (Å²) < 4.78 is 0. The van der Waals surface area contributed by atoms with Crippen LogP contribution in [0.25, 0.3) is 67.7 Å². The summed E-state index contributed by atoms with van der Waals surface area (Å²) in [6.45, 7) is 28.8. The maximum absolute atomic E-state index is 11.0. The van der Waals surface area contributed by atoms with Crippen molar-refractivity contribution in [1.82, 2.24) is 84.7 Å². The van der Waals surface area contributed by atoms with Crippen molar-refractivity contribution < 1.29 is 4.79 Å². The van der Waals surface area contributed by atoms with Crippen molar-refractivity contribution in [3.05, 3.63) is 204 Å². The Kier molecular flexibility index (Phi) is 23.9. The van der Waals surface area contributed by atoms with Gasteiger partial charge in [-0.05, 0) is 169 Å². The van der Waals surface area contributed by atoms with Crippen molar-refractivity contribution in [2.24, 2.45) is 0 Å². The van der Waals surface area contributed by atoms with E-state index in [4.69, 9.17) is 46.4 Å². The van der Waals surface area contributed by atoms with Crippen molar-refractivity contribution in [3.63, 3.8) is 0 Å². The highest BCUT2D eigenvalue weighted by Crippen LogP contribution is 2.31. The Bertz CT molecular complexity index is 4270. The lowest BCUT2D eigenvalue weighted by molar-refractivity contribution is -0.114. The largest absolute Gasteiger partial charge is 0.363 e. The van der Waals surface area contributed by atoms with E-state index in [1.165, 1.54) is 12.5 Å². The fraction of sp³-hybridized carbons (Fsp3) is 0.254. The lowest BCUT2D eigenvalue weighted by Crippen LogP contribution is -2.09. The number of rotatable bonds is 8. The zero-order chi connectivity index (χ0) is 66.4. The second kappa shape index (κ2) is 31.4. The number of benzene rings is 1. The van der Waals surface area contributed by atoms with Crippen LogP contribution < -0.4 is 10.2 Å². The first kappa shape index (κ1) is 69.1. The Morgan fingerprint density at radius 1 is 0.407 bits per heavy atom. The number of hydrogen-bond acceptors (Lipinski definition) is 13. The molecule has 11 aromatic heterocycles. The van der Waals surface area contributed by atoms with E-state index < -0.39 is 0 Å². The molecule has 0 atom stereocenters. The summed E-state index contributed by atoms with van der Waals surface area (Å²) >= 11 is 24.1.